The van der Waals surface area contributed by atoms with Gasteiger partial charge in [0.05, 0.1) is 6.54 Å². The fourth-order valence-corrected chi connectivity index (χ4v) is 2.05. The first kappa shape index (κ1) is 11.9. The normalized spacial score (nSPS) is 21.0. The SMILES string of the molecule is CCCOCCCNC1=NCC(C)S1. The summed E-state index contributed by atoms with van der Waals surface area (Å²) in [5, 5.41) is 5.07. The third-order valence-electron chi connectivity index (χ3n) is 1.89. The van der Waals surface area contributed by atoms with Crippen LogP contribution in [0.2, 0.25) is 0 Å². The van der Waals surface area contributed by atoms with E-state index in [-0.39, 0.29) is 0 Å². The number of hydrogen-bond acceptors (Lipinski definition) is 4. The zero-order valence-corrected chi connectivity index (χ0v) is 9.90. The average molecular weight is 216 g/mol. The summed E-state index contributed by atoms with van der Waals surface area (Å²) in [6, 6.07) is 0. The standard InChI is InChI=1S/C10H20N2OS/c1-3-6-13-7-4-5-11-10-12-8-9(2)14-10/h9H,3-8H2,1-2H3,(H,11,12). The molecule has 3 nitrogen and oxygen atoms in total. The highest BCUT2D eigenvalue weighted by molar-refractivity contribution is 8.14. The number of amidine groups is 1. The van der Waals surface area contributed by atoms with E-state index in [1.807, 2.05) is 11.8 Å². The van der Waals surface area contributed by atoms with Gasteiger partial charge in [-0.2, -0.15) is 0 Å². The molecule has 0 saturated carbocycles. The van der Waals surface area contributed by atoms with E-state index in [9.17, 15) is 0 Å². The Morgan fingerprint density at radius 3 is 3.07 bits per heavy atom. The zero-order chi connectivity index (χ0) is 10.2. The summed E-state index contributed by atoms with van der Waals surface area (Å²) in [5.41, 5.74) is 0. The summed E-state index contributed by atoms with van der Waals surface area (Å²) >= 11 is 1.83. The maximum atomic E-state index is 5.38. The van der Waals surface area contributed by atoms with Gasteiger partial charge >= 0.3 is 0 Å². The average Bonchev–Trinajstić information content (AvgIpc) is 2.58. The number of ether oxygens (including phenoxy) is 1. The fraction of sp³-hybridized carbons (Fsp3) is 0.900. The molecule has 0 radical (unpaired) electrons. The van der Waals surface area contributed by atoms with Crippen LogP contribution in [-0.2, 0) is 4.74 Å². The minimum Gasteiger partial charge on any atom is -0.381 e. The molecule has 0 aromatic rings. The number of thioether (sulfide) groups is 1. The van der Waals surface area contributed by atoms with Crippen molar-refractivity contribution in [2.75, 3.05) is 26.3 Å². The lowest BCUT2D eigenvalue weighted by Gasteiger charge is -2.06. The molecule has 0 spiro atoms. The van der Waals surface area contributed by atoms with Crippen LogP contribution < -0.4 is 5.32 Å². The van der Waals surface area contributed by atoms with Crippen LogP contribution in [0.15, 0.2) is 4.99 Å². The number of hydrogen-bond donors (Lipinski definition) is 1. The Morgan fingerprint density at radius 1 is 1.57 bits per heavy atom. The van der Waals surface area contributed by atoms with Crippen molar-refractivity contribution >= 4 is 16.9 Å². The van der Waals surface area contributed by atoms with Crippen molar-refractivity contribution in [1.29, 1.82) is 0 Å². The molecule has 1 unspecified atom stereocenters. The monoisotopic (exact) mass is 216 g/mol. The van der Waals surface area contributed by atoms with E-state index in [1.165, 1.54) is 0 Å². The quantitative estimate of drug-likeness (QED) is 0.688. The molecule has 0 saturated heterocycles. The van der Waals surface area contributed by atoms with Crippen molar-refractivity contribution < 1.29 is 4.74 Å². The third-order valence-corrected chi connectivity index (χ3v) is 2.94. The second-order valence-corrected chi connectivity index (χ2v) is 4.89. The van der Waals surface area contributed by atoms with E-state index in [2.05, 4.69) is 24.2 Å². The molecule has 1 aliphatic heterocycles. The predicted octanol–water partition coefficient (Wildman–Crippen LogP) is 1.88. The lowest BCUT2D eigenvalue weighted by molar-refractivity contribution is 0.133. The van der Waals surface area contributed by atoms with E-state index in [0.29, 0.717) is 5.25 Å². The highest BCUT2D eigenvalue weighted by Gasteiger charge is 2.13. The highest BCUT2D eigenvalue weighted by Crippen LogP contribution is 2.18. The zero-order valence-electron chi connectivity index (χ0n) is 9.08. The molecular formula is C10H20N2OS. The van der Waals surface area contributed by atoms with Crippen molar-refractivity contribution in [2.45, 2.75) is 31.9 Å². The van der Waals surface area contributed by atoms with Crippen molar-refractivity contribution in [3.63, 3.8) is 0 Å². The van der Waals surface area contributed by atoms with Gasteiger partial charge in [-0.1, -0.05) is 25.6 Å². The summed E-state index contributed by atoms with van der Waals surface area (Å²) < 4.78 is 5.38. The Kier molecular flexibility index (Phi) is 6.03. The van der Waals surface area contributed by atoms with E-state index in [0.717, 1.165) is 44.3 Å². The topological polar surface area (TPSA) is 33.6 Å². The second kappa shape index (κ2) is 7.12. The van der Waals surface area contributed by atoms with Gasteiger partial charge in [0, 0.05) is 25.0 Å². The van der Waals surface area contributed by atoms with E-state index in [1.54, 1.807) is 0 Å². The first-order chi connectivity index (χ1) is 6.83. The first-order valence-corrected chi connectivity index (χ1v) is 6.23. The van der Waals surface area contributed by atoms with E-state index in [4.69, 9.17) is 4.74 Å². The van der Waals surface area contributed by atoms with Crippen LogP contribution in [0, 0.1) is 0 Å². The molecule has 0 amide bonds. The van der Waals surface area contributed by atoms with Crippen LogP contribution in [0.3, 0.4) is 0 Å². The van der Waals surface area contributed by atoms with Gasteiger partial charge in [-0.15, -0.1) is 0 Å². The van der Waals surface area contributed by atoms with Gasteiger partial charge < -0.3 is 10.1 Å². The second-order valence-electron chi connectivity index (χ2n) is 3.47. The molecule has 1 aliphatic rings. The Hall–Kier alpha value is -0.220. The molecule has 1 heterocycles. The minimum atomic E-state index is 0.647. The molecule has 1 N–H and O–H groups in total. The molecule has 1 atom stereocenters. The first-order valence-electron chi connectivity index (χ1n) is 5.35. The lowest BCUT2D eigenvalue weighted by atomic mass is 10.4. The molecule has 0 aromatic carbocycles. The predicted molar refractivity (Wildman–Crippen MR) is 63.1 cm³/mol. The highest BCUT2D eigenvalue weighted by atomic mass is 32.2. The van der Waals surface area contributed by atoms with Gasteiger partial charge in [0.15, 0.2) is 5.17 Å². The lowest BCUT2D eigenvalue weighted by Crippen LogP contribution is -2.21. The van der Waals surface area contributed by atoms with Gasteiger partial charge in [-0.05, 0) is 12.8 Å². The van der Waals surface area contributed by atoms with Crippen molar-refractivity contribution in [1.82, 2.24) is 5.32 Å². The number of nitrogens with zero attached hydrogens (tertiary/aromatic N) is 1. The molecule has 0 aliphatic carbocycles. The summed E-state index contributed by atoms with van der Waals surface area (Å²) in [6.45, 7) is 8.00. The summed E-state index contributed by atoms with van der Waals surface area (Å²) in [7, 11) is 0. The molecule has 1 rings (SSSR count). The summed E-state index contributed by atoms with van der Waals surface area (Å²) in [5.74, 6) is 0. The van der Waals surface area contributed by atoms with Crippen molar-refractivity contribution in [3.05, 3.63) is 0 Å². The van der Waals surface area contributed by atoms with Gasteiger partial charge in [0.25, 0.3) is 0 Å². The van der Waals surface area contributed by atoms with Crippen LogP contribution in [-0.4, -0.2) is 36.7 Å². The maximum Gasteiger partial charge on any atom is 0.156 e. The largest absolute Gasteiger partial charge is 0.381 e. The van der Waals surface area contributed by atoms with Crippen LogP contribution in [0.4, 0.5) is 0 Å². The third kappa shape index (κ3) is 4.86. The Bertz CT molecular complexity index is 185. The Morgan fingerprint density at radius 2 is 2.43 bits per heavy atom. The van der Waals surface area contributed by atoms with Crippen LogP contribution in [0.25, 0.3) is 0 Å². The molecule has 0 fully saturated rings. The number of rotatable bonds is 6. The van der Waals surface area contributed by atoms with Crippen LogP contribution >= 0.6 is 11.8 Å². The van der Waals surface area contributed by atoms with E-state index >= 15 is 0 Å². The van der Waals surface area contributed by atoms with Gasteiger partial charge in [-0.25, -0.2) is 0 Å². The minimum absolute atomic E-state index is 0.647. The Balaban J connectivity index is 1.89. The van der Waals surface area contributed by atoms with E-state index < -0.39 is 0 Å². The molecule has 0 aromatic heterocycles. The summed E-state index contributed by atoms with van der Waals surface area (Å²) in [4.78, 5) is 4.38. The maximum absolute atomic E-state index is 5.38. The van der Waals surface area contributed by atoms with Crippen LogP contribution in [0.5, 0.6) is 0 Å². The van der Waals surface area contributed by atoms with Crippen LogP contribution in [0.1, 0.15) is 26.7 Å². The smallest absolute Gasteiger partial charge is 0.156 e. The molecule has 82 valence electrons. The Labute approximate surface area is 90.7 Å². The van der Waals surface area contributed by atoms with Gasteiger partial charge in [-0.3, -0.25) is 4.99 Å². The summed E-state index contributed by atoms with van der Waals surface area (Å²) in [6.07, 6.45) is 2.17. The number of aliphatic imine (C=N–C) groups is 1. The van der Waals surface area contributed by atoms with Crippen molar-refractivity contribution in [3.8, 4) is 0 Å². The molecule has 14 heavy (non-hydrogen) atoms. The fourth-order valence-electron chi connectivity index (χ4n) is 1.19. The van der Waals surface area contributed by atoms with Gasteiger partial charge in [0.1, 0.15) is 0 Å². The molecule has 4 heteroatoms. The number of nitrogens with one attached hydrogen (secondary N) is 1. The van der Waals surface area contributed by atoms with Gasteiger partial charge in [0.2, 0.25) is 0 Å². The van der Waals surface area contributed by atoms with Crippen molar-refractivity contribution in [2.24, 2.45) is 4.99 Å². The molecule has 0 bridgehead atoms. The molecular weight excluding hydrogens is 196 g/mol.